The smallest absolute Gasteiger partial charge is 0.336 e. The van der Waals surface area contributed by atoms with Crippen LogP contribution in [0.3, 0.4) is 0 Å². The summed E-state index contributed by atoms with van der Waals surface area (Å²) in [5, 5.41) is 14.4. The number of methoxy groups -OCH3 is 1. The molecule has 0 saturated carbocycles. The van der Waals surface area contributed by atoms with Crippen molar-refractivity contribution in [3.63, 3.8) is 0 Å². The van der Waals surface area contributed by atoms with Crippen molar-refractivity contribution in [3.05, 3.63) is 74.8 Å². The molecule has 0 bridgehead atoms. The predicted octanol–water partition coefficient (Wildman–Crippen LogP) is 3.77. The van der Waals surface area contributed by atoms with E-state index in [1.54, 1.807) is 19.1 Å². The summed E-state index contributed by atoms with van der Waals surface area (Å²) in [6.45, 7) is 7.78. The van der Waals surface area contributed by atoms with E-state index < -0.39 is 16.8 Å². The van der Waals surface area contributed by atoms with E-state index in [2.05, 4.69) is 11.9 Å². The molecule has 1 aliphatic rings. The standard InChI is InChI=1S/C19H21ClN2O5/c1-11-16(13(3)27-9-8-20)18(17(12(2)21-11)19(23)26-4)14-6-5-7-15(10-14)22(24)25/h5-7,10,18,21H,3,8-9H2,1-2,4H3. The number of halogens is 1. The van der Waals surface area contributed by atoms with Gasteiger partial charge in [0.15, 0.2) is 0 Å². The van der Waals surface area contributed by atoms with Gasteiger partial charge in [-0.15, -0.1) is 11.6 Å². The molecule has 0 radical (unpaired) electrons. The first kappa shape index (κ1) is 20.5. The lowest BCUT2D eigenvalue weighted by Gasteiger charge is -2.32. The van der Waals surface area contributed by atoms with Gasteiger partial charge in [0.1, 0.15) is 12.4 Å². The molecule has 1 unspecified atom stereocenters. The van der Waals surface area contributed by atoms with Crippen LogP contribution in [0.4, 0.5) is 5.69 Å². The minimum absolute atomic E-state index is 0.0720. The molecule has 1 aliphatic heterocycles. The van der Waals surface area contributed by atoms with Gasteiger partial charge in [-0.25, -0.2) is 4.79 Å². The molecule has 1 aromatic rings. The number of benzene rings is 1. The van der Waals surface area contributed by atoms with Gasteiger partial charge in [-0.2, -0.15) is 0 Å². The Morgan fingerprint density at radius 2 is 2.00 bits per heavy atom. The summed E-state index contributed by atoms with van der Waals surface area (Å²) < 4.78 is 10.5. The molecule has 0 fully saturated rings. The van der Waals surface area contributed by atoms with E-state index in [9.17, 15) is 14.9 Å². The van der Waals surface area contributed by atoms with Crippen LogP contribution in [0.25, 0.3) is 0 Å². The minimum atomic E-state index is -0.624. The lowest BCUT2D eigenvalue weighted by Crippen LogP contribution is -2.29. The Bertz CT molecular complexity index is 844. The number of alkyl halides is 1. The van der Waals surface area contributed by atoms with Gasteiger partial charge in [-0.3, -0.25) is 10.1 Å². The zero-order valence-electron chi connectivity index (χ0n) is 15.4. The second-order valence-electron chi connectivity index (χ2n) is 5.94. The summed E-state index contributed by atoms with van der Waals surface area (Å²) in [5.41, 5.74) is 2.79. The third kappa shape index (κ3) is 4.31. The number of dihydropyridines is 1. The highest BCUT2D eigenvalue weighted by Crippen LogP contribution is 2.42. The van der Waals surface area contributed by atoms with Crippen LogP contribution >= 0.6 is 11.6 Å². The van der Waals surface area contributed by atoms with Crippen molar-refractivity contribution in [1.29, 1.82) is 0 Å². The number of esters is 1. The Labute approximate surface area is 162 Å². The van der Waals surface area contributed by atoms with E-state index in [0.29, 0.717) is 28.2 Å². The van der Waals surface area contributed by atoms with Crippen LogP contribution in [0, 0.1) is 10.1 Å². The van der Waals surface area contributed by atoms with E-state index in [0.717, 1.165) is 5.70 Å². The first-order valence-electron chi connectivity index (χ1n) is 8.21. The number of rotatable bonds is 7. The Kier molecular flexibility index (Phi) is 6.63. The van der Waals surface area contributed by atoms with Crippen molar-refractivity contribution in [3.8, 4) is 0 Å². The monoisotopic (exact) mass is 392 g/mol. The maximum atomic E-state index is 12.5. The SMILES string of the molecule is C=C(OCCCl)C1=C(C)NC(C)=C(C(=O)OC)C1c1cccc([N+](=O)[O-])c1. The Morgan fingerprint density at radius 1 is 1.33 bits per heavy atom. The van der Waals surface area contributed by atoms with Gasteiger partial charge in [0.25, 0.3) is 5.69 Å². The molecule has 1 heterocycles. The summed E-state index contributed by atoms with van der Waals surface area (Å²) in [6.07, 6.45) is 0. The molecule has 0 amide bonds. The molecule has 2 rings (SSSR count). The average Bonchev–Trinajstić information content (AvgIpc) is 2.64. The fourth-order valence-corrected chi connectivity index (χ4v) is 3.21. The average molecular weight is 393 g/mol. The lowest BCUT2D eigenvalue weighted by atomic mass is 9.79. The maximum Gasteiger partial charge on any atom is 0.336 e. The van der Waals surface area contributed by atoms with Crippen LogP contribution in [-0.2, 0) is 14.3 Å². The Balaban J connectivity index is 2.65. The summed E-state index contributed by atoms with van der Waals surface area (Å²) in [5.74, 6) is -0.543. The third-order valence-corrected chi connectivity index (χ3v) is 4.39. The molecule has 1 aromatic carbocycles. The zero-order valence-corrected chi connectivity index (χ0v) is 16.1. The minimum Gasteiger partial charge on any atom is -0.493 e. The van der Waals surface area contributed by atoms with Crippen molar-refractivity contribution >= 4 is 23.3 Å². The Morgan fingerprint density at radius 3 is 2.59 bits per heavy atom. The van der Waals surface area contributed by atoms with Crippen LogP contribution in [-0.4, -0.2) is 30.5 Å². The number of carbonyl (C=O) groups excluding carboxylic acids is 1. The molecule has 0 spiro atoms. The van der Waals surface area contributed by atoms with E-state index in [-0.39, 0.29) is 18.2 Å². The van der Waals surface area contributed by atoms with Crippen molar-refractivity contribution in [2.45, 2.75) is 19.8 Å². The third-order valence-electron chi connectivity index (χ3n) is 4.23. The molecular formula is C19H21ClN2O5. The van der Waals surface area contributed by atoms with Crippen LogP contribution in [0.1, 0.15) is 25.3 Å². The quantitative estimate of drug-likeness (QED) is 0.250. The van der Waals surface area contributed by atoms with E-state index >= 15 is 0 Å². The van der Waals surface area contributed by atoms with Gasteiger partial charge in [-0.05, 0) is 19.4 Å². The second-order valence-corrected chi connectivity index (χ2v) is 6.32. The number of nitrogens with zero attached hydrogens (tertiary/aromatic N) is 1. The highest BCUT2D eigenvalue weighted by molar-refractivity contribution is 6.18. The van der Waals surface area contributed by atoms with Gasteiger partial charge >= 0.3 is 5.97 Å². The Hall–Kier alpha value is -2.80. The van der Waals surface area contributed by atoms with E-state index in [1.165, 1.54) is 19.2 Å². The zero-order chi connectivity index (χ0) is 20.1. The van der Waals surface area contributed by atoms with Gasteiger partial charge in [0.05, 0.1) is 23.5 Å². The molecule has 7 nitrogen and oxygen atoms in total. The van der Waals surface area contributed by atoms with Crippen molar-refractivity contribution < 1.29 is 19.2 Å². The number of ether oxygens (including phenoxy) is 2. The molecule has 8 heteroatoms. The molecule has 0 aromatic heterocycles. The highest BCUT2D eigenvalue weighted by Gasteiger charge is 2.36. The summed E-state index contributed by atoms with van der Waals surface area (Å²) in [7, 11) is 1.29. The predicted molar refractivity (Wildman–Crippen MR) is 102 cm³/mol. The fourth-order valence-electron chi connectivity index (χ4n) is 3.14. The normalized spacial score (nSPS) is 16.7. The number of carbonyl (C=O) groups is 1. The second kappa shape index (κ2) is 8.73. The number of hydrogen-bond acceptors (Lipinski definition) is 6. The van der Waals surface area contributed by atoms with E-state index in [1.807, 2.05) is 6.92 Å². The number of nitro benzene ring substituents is 1. The molecule has 0 aliphatic carbocycles. The van der Waals surface area contributed by atoms with Crippen molar-refractivity contribution in [2.24, 2.45) is 0 Å². The van der Waals surface area contributed by atoms with Gasteiger partial charge in [0, 0.05) is 35.0 Å². The first-order chi connectivity index (χ1) is 12.8. The molecule has 27 heavy (non-hydrogen) atoms. The topological polar surface area (TPSA) is 90.7 Å². The maximum absolute atomic E-state index is 12.5. The molecule has 1 N–H and O–H groups in total. The van der Waals surface area contributed by atoms with Crippen LogP contribution in [0.5, 0.6) is 0 Å². The van der Waals surface area contributed by atoms with E-state index in [4.69, 9.17) is 21.1 Å². The van der Waals surface area contributed by atoms with Crippen LogP contribution < -0.4 is 5.32 Å². The molecular weight excluding hydrogens is 372 g/mol. The molecule has 144 valence electrons. The number of hydrogen-bond donors (Lipinski definition) is 1. The highest BCUT2D eigenvalue weighted by atomic mass is 35.5. The fraction of sp³-hybridized carbons (Fsp3) is 0.316. The van der Waals surface area contributed by atoms with Gasteiger partial charge in [0.2, 0.25) is 0 Å². The summed E-state index contributed by atoms with van der Waals surface area (Å²) >= 11 is 5.70. The summed E-state index contributed by atoms with van der Waals surface area (Å²) in [6, 6.07) is 6.14. The van der Waals surface area contributed by atoms with Crippen molar-refractivity contribution in [2.75, 3.05) is 19.6 Å². The van der Waals surface area contributed by atoms with Crippen molar-refractivity contribution in [1.82, 2.24) is 5.32 Å². The van der Waals surface area contributed by atoms with Crippen LogP contribution in [0.15, 0.2) is 59.1 Å². The number of nitro groups is 1. The number of non-ortho nitro benzene ring substituents is 1. The molecule has 1 atom stereocenters. The summed E-state index contributed by atoms with van der Waals surface area (Å²) in [4.78, 5) is 23.2. The number of nitrogens with one attached hydrogen (secondary N) is 1. The first-order valence-corrected chi connectivity index (χ1v) is 8.74. The lowest BCUT2D eigenvalue weighted by molar-refractivity contribution is -0.384. The molecule has 0 saturated heterocycles. The van der Waals surface area contributed by atoms with Gasteiger partial charge in [-0.1, -0.05) is 18.7 Å². The number of allylic oxidation sites excluding steroid dienone is 3. The van der Waals surface area contributed by atoms with Crippen LogP contribution in [0.2, 0.25) is 0 Å². The van der Waals surface area contributed by atoms with Gasteiger partial charge < -0.3 is 14.8 Å². The largest absolute Gasteiger partial charge is 0.493 e.